The van der Waals surface area contributed by atoms with Crippen molar-refractivity contribution in [2.24, 2.45) is 5.92 Å². The van der Waals surface area contributed by atoms with Crippen LogP contribution in [-0.4, -0.2) is 54.7 Å². The van der Waals surface area contributed by atoms with Gasteiger partial charge in [-0.05, 0) is 53.0 Å². The molecule has 0 aliphatic carbocycles. The number of piperidine rings is 2. The van der Waals surface area contributed by atoms with E-state index in [1.165, 1.54) is 0 Å². The zero-order valence-electron chi connectivity index (χ0n) is 14.0. The van der Waals surface area contributed by atoms with Crippen molar-refractivity contribution in [3.63, 3.8) is 0 Å². The van der Waals surface area contributed by atoms with E-state index in [-0.39, 0.29) is 24.0 Å². The number of nitrogens with zero attached hydrogens (tertiary/aromatic N) is 1. The van der Waals surface area contributed by atoms with Crippen molar-refractivity contribution in [1.82, 2.24) is 15.5 Å². The number of nitrogens with one attached hydrogen (secondary N) is 2. The van der Waals surface area contributed by atoms with Gasteiger partial charge in [-0.1, -0.05) is 0 Å². The van der Waals surface area contributed by atoms with Crippen LogP contribution in [0.15, 0.2) is 0 Å². The van der Waals surface area contributed by atoms with Crippen LogP contribution in [0.3, 0.4) is 0 Å². The van der Waals surface area contributed by atoms with Gasteiger partial charge in [-0.3, -0.25) is 4.79 Å². The van der Waals surface area contributed by atoms with Gasteiger partial charge in [-0.25, -0.2) is 4.79 Å². The quantitative estimate of drug-likeness (QED) is 0.811. The summed E-state index contributed by atoms with van der Waals surface area (Å²) in [7, 11) is 0. The second kappa shape index (κ2) is 7.31. The molecule has 22 heavy (non-hydrogen) atoms. The maximum absolute atomic E-state index is 12.4. The van der Waals surface area contributed by atoms with Crippen LogP contribution in [-0.2, 0) is 9.53 Å². The molecule has 2 heterocycles. The second-order valence-electron chi connectivity index (χ2n) is 7.32. The number of hydrogen-bond donors (Lipinski definition) is 2. The molecule has 2 rings (SSSR count). The largest absolute Gasteiger partial charge is 0.444 e. The predicted molar refractivity (Wildman–Crippen MR) is 84.6 cm³/mol. The standard InChI is InChI=1S/C16H29N3O3/c1-16(2,3)22-15(21)19-9-5-6-12(11-19)14(20)18-13-7-4-8-17-10-13/h12-13,17H,4-11H2,1-3H3,(H,18,20)/t12-,13+/m1/s1. The summed E-state index contributed by atoms with van der Waals surface area (Å²) >= 11 is 0. The van der Waals surface area contributed by atoms with Crippen LogP contribution >= 0.6 is 0 Å². The number of ether oxygens (including phenoxy) is 1. The third-order valence-electron chi connectivity index (χ3n) is 4.09. The number of carbonyl (C=O) groups is 2. The maximum Gasteiger partial charge on any atom is 0.410 e. The third-order valence-corrected chi connectivity index (χ3v) is 4.09. The summed E-state index contributed by atoms with van der Waals surface area (Å²) in [4.78, 5) is 26.2. The molecule has 2 aliphatic rings. The zero-order chi connectivity index (χ0) is 16.2. The van der Waals surface area contributed by atoms with Crippen molar-refractivity contribution in [3.05, 3.63) is 0 Å². The molecule has 2 fully saturated rings. The van der Waals surface area contributed by atoms with Crippen molar-refractivity contribution in [2.75, 3.05) is 26.2 Å². The highest BCUT2D eigenvalue weighted by molar-refractivity contribution is 5.80. The van der Waals surface area contributed by atoms with E-state index >= 15 is 0 Å². The van der Waals surface area contributed by atoms with E-state index in [1.54, 1.807) is 4.90 Å². The van der Waals surface area contributed by atoms with E-state index in [2.05, 4.69) is 10.6 Å². The molecule has 6 heteroatoms. The fraction of sp³-hybridized carbons (Fsp3) is 0.875. The highest BCUT2D eigenvalue weighted by Gasteiger charge is 2.31. The highest BCUT2D eigenvalue weighted by atomic mass is 16.6. The van der Waals surface area contributed by atoms with E-state index in [0.717, 1.165) is 38.8 Å². The van der Waals surface area contributed by atoms with Crippen molar-refractivity contribution >= 4 is 12.0 Å². The first-order chi connectivity index (χ1) is 10.3. The highest BCUT2D eigenvalue weighted by Crippen LogP contribution is 2.20. The third kappa shape index (κ3) is 5.16. The lowest BCUT2D eigenvalue weighted by Gasteiger charge is -2.34. The molecule has 126 valence electrons. The molecule has 2 amide bonds. The smallest absolute Gasteiger partial charge is 0.410 e. The number of amides is 2. The molecule has 0 saturated carbocycles. The van der Waals surface area contributed by atoms with Gasteiger partial charge in [0.1, 0.15) is 5.60 Å². The maximum atomic E-state index is 12.4. The average molecular weight is 311 g/mol. The van der Waals surface area contributed by atoms with Crippen molar-refractivity contribution in [3.8, 4) is 0 Å². The molecule has 0 bridgehead atoms. The summed E-state index contributed by atoms with van der Waals surface area (Å²) in [6.07, 6.45) is 3.50. The lowest BCUT2D eigenvalue weighted by atomic mass is 9.96. The first-order valence-corrected chi connectivity index (χ1v) is 8.34. The van der Waals surface area contributed by atoms with E-state index in [0.29, 0.717) is 13.1 Å². The molecule has 6 nitrogen and oxygen atoms in total. The van der Waals surface area contributed by atoms with Gasteiger partial charge in [0, 0.05) is 25.7 Å². The van der Waals surface area contributed by atoms with Crippen molar-refractivity contribution in [1.29, 1.82) is 0 Å². The van der Waals surface area contributed by atoms with Crippen molar-refractivity contribution < 1.29 is 14.3 Å². The predicted octanol–water partition coefficient (Wildman–Crippen LogP) is 1.50. The molecule has 0 aromatic heterocycles. The van der Waals surface area contributed by atoms with Crippen LogP contribution in [0, 0.1) is 5.92 Å². The Kier molecular flexibility index (Phi) is 5.67. The zero-order valence-corrected chi connectivity index (χ0v) is 14.0. The Morgan fingerprint density at radius 3 is 2.64 bits per heavy atom. The van der Waals surface area contributed by atoms with Crippen LogP contribution in [0.1, 0.15) is 46.5 Å². The lowest BCUT2D eigenvalue weighted by molar-refractivity contribution is -0.127. The van der Waals surface area contributed by atoms with E-state index in [9.17, 15) is 9.59 Å². The van der Waals surface area contributed by atoms with Gasteiger partial charge < -0.3 is 20.3 Å². The van der Waals surface area contributed by atoms with Crippen LogP contribution < -0.4 is 10.6 Å². The molecule has 2 atom stereocenters. The van der Waals surface area contributed by atoms with E-state index < -0.39 is 5.60 Å². The first kappa shape index (κ1) is 17.1. The molecule has 0 aromatic carbocycles. The van der Waals surface area contributed by atoms with Crippen LogP contribution in [0.4, 0.5) is 4.79 Å². The topological polar surface area (TPSA) is 70.7 Å². The minimum absolute atomic E-state index is 0.0713. The molecule has 0 radical (unpaired) electrons. The summed E-state index contributed by atoms with van der Waals surface area (Å²) in [5, 5.41) is 6.41. The summed E-state index contributed by atoms with van der Waals surface area (Å²) in [5.41, 5.74) is -0.500. The normalized spacial score (nSPS) is 26.4. The van der Waals surface area contributed by atoms with Gasteiger partial charge in [0.15, 0.2) is 0 Å². The van der Waals surface area contributed by atoms with E-state index in [4.69, 9.17) is 4.74 Å². The Bertz CT molecular complexity index is 400. The van der Waals surface area contributed by atoms with Gasteiger partial charge in [0.2, 0.25) is 5.91 Å². The van der Waals surface area contributed by atoms with Gasteiger partial charge in [-0.15, -0.1) is 0 Å². The van der Waals surface area contributed by atoms with Gasteiger partial charge in [0.05, 0.1) is 5.92 Å². The Balaban J connectivity index is 1.84. The lowest BCUT2D eigenvalue weighted by Crippen LogP contribution is -2.51. The SMILES string of the molecule is CC(C)(C)OC(=O)N1CCC[C@@H](C(=O)N[C@H]2CCCNC2)C1. The van der Waals surface area contributed by atoms with E-state index in [1.807, 2.05) is 20.8 Å². The molecule has 0 unspecified atom stereocenters. The molecular weight excluding hydrogens is 282 g/mol. The summed E-state index contributed by atoms with van der Waals surface area (Å²) in [5.74, 6) is -0.0508. The monoisotopic (exact) mass is 311 g/mol. The minimum Gasteiger partial charge on any atom is -0.444 e. The van der Waals surface area contributed by atoms with Crippen LogP contribution in [0.2, 0.25) is 0 Å². The summed E-state index contributed by atoms with van der Waals surface area (Å²) < 4.78 is 5.40. The van der Waals surface area contributed by atoms with Crippen molar-refractivity contribution in [2.45, 2.75) is 58.1 Å². The Labute approximate surface area is 132 Å². The molecule has 0 aromatic rings. The first-order valence-electron chi connectivity index (χ1n) is 8.34. The summed E-state index contributed by atoms with van der Waals surface area (Å²) in [6, 6.07) is 0.221. The second-order valence-corrected chi connectivity index (χ2v) is 7.32. The fourth-order valence-corrected chi connectivity index (χ4v) is 2.98. The molecule has 2 N–H and O–H groups in total. The average Bonchev–Trinajstić information content (AvgIpc) is 2.46. The number of carbonyl (C=O) groups excluding carboxylic acids is 2. The molecule has 2 saturated heterocycles. The Hall–Kier alpha value is -1.30. The number of rotatable bonds is 2. The van der Waals surface area contributed by atoms with Crippen LogP contribution in [0.25, 0.3) is 0 Å². The van der Waals surface area contributed by atoms with Gasteiger partial charge in [-0.2, -0.15) is 0 Å². The Morgan fingerprint density at radius 2 is 2.00 bits per heavy atom. The minimum atomic E-state index is -0.500. The van der Waals surface area contributed by atoms with Crippen LogP contribution in [0.5, 0.6) is 0 Å². The number of likely N-dealkylation sites (tertiary alicyclic amines) is 1. The molecular formula is C16H29N3O3. The fourth-order valence-electron chi connectivity index (χ4n) is 2.98. The number of hydrogen-bond acceptors (Lipinski definition) is 4. The van der Waals surface area contributed by atoms with Gasteiger partial charge in [0.25, 0.3) is 0 Å². The molecule has 2 aliphatic heterocycles. The Morgan fingerprint density at radius 1 is 1.23 bits per heavy atom. The molecule has 0 spiro atoms. The summed E-state index contributed by atoms with van der Waals surface area (Å²) in [6.45, 7) is 8.57. The van der Waals surface area contributed by atoms with Gasteiger partial charge >= 0.3 is 6.09 Å².